The van der Waals surface area contributed by atoms with Crippen molar-refractivity contribution in [1.29, 1.82) is 0 Å². The van der Waals surface area contributed by atoms with Crippen LogP contribution in [0.15, 0.2) is 11.2 Å². The lowest BCUT2D eigenvalue weighted by Gasteiger charge is -2.18. The summed E-state index contributed by atoms with van der Waals surface area (Å²) >= 11 is 1.43. The van der Waals surface area contributed by atoms with E-state index in [2.05, 4.69) is 9.97 Å². The van der Waals surface area contributed by atoms with Gasteiger partial charge in [-0.15, -0.1) is 0 Å². The molecule has 0 amide bonds. The molecule has 18 heavy (non-hydrogen) atoms. The number of aromatic nitrogens is 2. The second-order valence-electron chi connectivity index (χ2n) is 4.64. The minimum absolute atomic E-state index is 0.343. The summed E-state index contributed by atoms with van der Waals surface area (Å²) in [7, 11) is 0. The molecule has 5 N–H and O–H groups in total. The maximum absolute atomic E-state index is 10.9. The summed E-state index contributed by atoms with van der Waals surface area (Å²) in [5.74, 6) is 0.642. The molecule has 0 aliphatic heterocycles. The lowest BCUT2D eigenvalue weighted by Crippen LogP contribution is -2.23. The molecule has 0 radical (unpaired) electrons. The van der Waals surface area contributed by atoms with Gasteiger partial charge in [0.15, 0.2) is 5.16 Å². The van der Waals surface area contributed by atoms with Crippen molar-refractivity contribution in [3.8, 4) is 0 Å². The number of hydrogen-bond donors (Lipinski definition) is 3. The summed E-state index contributed by atoms with van der Waals surface area (Å²) in [6.45, 7) is 3.43. The van der Waals surface area contributed by atoms with Gasteiger partial charge >= 0.3 is 5.97 Å². The molecule has 0 aliphatic carbocycles. The quantitative estimate of drug-likeness (QED) is 0.408. The van der Waals surface area contributed by atoms with Gasteiger partial charge in [-0.1, -0.05) is 11.8 Å². The van der Waals surface area contributed by atoms with E-state index in [1.165, 1.54) is 17.8 Å². The number of aliphatic carboxylic acids is 1. The average molecular weight is 270 g/mol. The van der Waals surface area contributed by atoms with Gasteiger partial charge in [0.25, 0.3) is 0 Å². The standard InChI is InChI=1S/C11H18N4O2S/c1-11(2,9(16)17)4-3-5-18-10-14-7(12)6-8(13)15-10/h6H,3-5H2,1-2H3,(H,16,17)(H4,12,13,14,15). The monoisotopic (exact) mass is 270 g/mol. The zero-order valence-electron chi connectivity index (χ0n) is 10.5. The zero-order chi connectivity index (χ0) is 13.8. The predicted molar refractivity (Wildman–Crippen MR) is 72.2 cm³/mol. The summed E-state index contributed by atoms with van der Waals surface area (Å²) in [4.78, 5) is 19.0. The van der Waals surface area contributed by atoms with Gasteiger partial charge in [0, 0.05) is 11.8 Å². The topological polar surface area (TPSA) is 115 Å². The van der Waals surface area contributed by atoms with Crippen LogP contribution in [0.4, 0.5) is 11.6 Å². The molecule has 0 aliphatic rings. The van der Waals surface area contributed by atoms with Gasteiger partial charge in [-0.25, -0.2) is 9.97 Å². The Morgan fingerprint density at radius 2 is 1.94 bits per heavy atom. The minimum Gasteiger partial charge on any atom is -0.481 e. The Labute approximate surface area is 110 Å². The van der Waals surface area contributed by atoms with E-state index in [4.69, 9.17) is 16.6 Å². The van der Waals surface area contributed by atoms with Crippen LogP contribution in [0.3, 0.4) is 0 Å². The number of nitrogens with zero attached hydrogens (tertiary/aromatic N) is 2. The number of nitrogen functional groups attached to an aromatic ring is 2. The Morgan fingerprint density at radius 1 is 1.39 bits per heavy atom. The second-order valence-corrected chi connectivity index (χ2v) is 5.70. The average Bonchev–Trinajstić information content (AvgIpc) is 2.23. The number of nitrogens with two attached hydrogens (primary N) is 2. The molecule has 1 aromatic rings. The second kappa shape index (κ2) is 5.90. The molecule has 100 valence electrons. The first-order valence-corrected chi connectivity index (χ1v) is 6.56. The van der Waals surface area contributed by atoms with Crippen molar-refractivity contribution in [2.75, 3.05) is 17.2 Å². The third-order valence-corrected chi connectivity index (χ3v) is 3.44. The van der Waals surface area contributed by atoms with Gasteiger partial charge in [0.2, 0.25) is 0 Å². The molecule has 7 heteroatoms. The molecular weight excluding hydrogens is 252 g/mol. The first kappa shape index (κ1) is 14.6. The highest BCUT2D eigenvalue weighted by atomic mass is 32.2. The van der Waals surface area contributed by atoms with Crippen LogP contribution in [-0.4, -0.2) is 26.8 Å². The third kappa shape index (κ3) is 4.40. The summed E-state index contributed by atoms with van der Waals surface area (Å²) in [6, 6.07) is 1.50. The van der Waals surface area contributed by atoms with Gasteiger partial charge < -0.3 is 16.6 Å². The first-order valence-electron chi connectivity index (χ1n) is 5.57. The number of carboxylic acid groups (broad SMARTS) is 1. The van der Waals surface area contributed by atoms with E-state index in [9.17, 15) is 4.79 Å². The fraction of sp³-hybridized carbons (Fsp3) is 0.545. The van der Waals surface area contributed by atoms with Gasteiger partial charge in [0.1, 0.15) is 11.6 Å². The highest BCUT2D eigenvalue weighted by Gasteiger charge is 2.26. The molecule has 6 nitrogen and oxygen atoms in total. The van der Waals surface area contributed by atoms with Crippen LogP contribution in [-0.2, 0) is 4.79 Å². The van der Waals surface area contributed by atoms with Crippen molar-refractivity contribution < 1.29 is 9.90 Å². The van der Waals surface area contributed by atoms with Crippen LogP contribution in [0.1, 0.15) is 26.7 Å². The van der Waals surface area contributed by atoms with E-state index in [0.717, 1.165) is 12.2 Å². The molecule has 0 saturated carbocycles. The van der Waals surface area contributed by atoms with Crippen molar-refractivity contribution in [2.45, 2.75) is 31.8 Å². The van der Waals surface area contributed by atoms with Crippen molar-refractivity contribution in [3.05, 3.63) is 6.07 Å². The van der Waals surface area contributed by atoms with Gasteiger partial charge in [-0.2, -0.15) is 0 Å². The normalized spacial score (nSPS) is 11.4. The molecule has 0 fully saturated rings. The molecule has 0 bridgehead atoms. The number of carbonyl (C=O) groups is 1. The lowest BCUT2D eigenvalue weighted by atomic mass is 9.88. The summed E-state index contributed by atoms with van der Waals surface area (Å²) in [5.41, 5.74) is 10.4. The van der Waals surface area contributed by atoms with Gasteiger partial charge in [0.05, 0.1) is 5.41 Å². The van der Waals surface area contributed by atoms with Gasteiger partial charge in [-0.3, -0.25) is 4.79 Å². The van der Waals surface area contributed by atoms with E-state index < -0.39 is 11.4 Å². The van der Waals surface area contributed by atoms with Crippen molar-refractivity contribution in [3.63, 3.8) is 0 Å². The van der Waals surface area contributed by atoms with Crippen LogP contribution in [0.25, 0.3) is 0 Å². The van der Waals surface area contributed by atoms with E-state index in [0.29, 0.717) is 23.2 Å². The zero-order valence-corrected chi connectivity index (χ0v) is 11.3. The summed E-state index contributed by atoms with van der Waals surface area (Å²) in [5, 5.41) is 9.49. The van der Waals surface area contributed by atoms with E-state index in [1.54, 1.807) is 13.8 Å². The molecule has 1 rings (SSSR count). The maximum atomic E-state index is 10.9. The molecule has 0 saturated heterocycles. The van der Waals surface area contributed by atoms with Crippen LogP contribution < -0.4 is 11.5 Å². The maximum Gasteiger partial charge on any atom is 0.309 e. The van der Waals surface area contributed by atoms with E-state index >= 15 is 0 Å². The summed E-state index contributed by atoms with van der Waals surface area (Å²) in [6.07, 6.45) is 1.37. The lowest BCUT2D eigenvalue weighted by molar-refractivity contribution is -0.147. The first-order chi connectivity index (χ1) is 8.31. The fourth-order valence-corrected chi connectivity index (χ4v) is 2.12. The fourth-order valence-electron chi connectivity index (χ4n) is 1.31. The molecule has 0 spiro atoms. The number of anilines is 2. The molecule has 0 unspecified atom stereocenters. The molecular formula is C11H18N4O2S. The SMILES string of the molecule is CC(C)(CCCSc1nc(N)cc(N)n1)C(=O)O. The number of thioether (sulfide) groups is 1. The van der Waals surface area contributed by atoms with Crippen LogP contribution in [0.5, 0.6) is 0 Å². The predicted octanol–water partition coefficient (Wildman–Crippen LogP) is 1.62. The highest BCUT2D eigenvalue weighted by Crippen LogP contribution is 2.25. The van der Waals surface area contributed by atoms with Crippen LogP contribution >= 0.6 is 11.8 Å². The molecule has 0 aromatic carbocycles. The largest absolute Gasteiger partial charge is 0.481 e. The van der Waals surface area contributed by atoms with Crippen molar-refractivity contribution >= 4 is 29.4 Å². The van der Waals surface area contributed by atoms with E-state index in [1.807, 2.05) is 0 Å². The third-order valence-electron chi connectivity index (χ3n) is 2.50. The molecule has 1 aromatic heterocycles. The van der Waals surface area contributed by atoms with Crippen LogP contribution in [0.2, 0.25) is 0 Å². The van der Waals surface area contributed by atoms with Gasteiger partial charge in [-0.05, 0) is 26.7 Å². The Bertz CT molecular complexity index is 417. The Balaban J connectivity index is 2.40. The van der Waals surface area contributed by atoms with Crippen LogP contribution in [0, 0.1) is 5.41 Å². The Kier molecular flexibility index (Phi) is 4.77. The molecule has 1 heterocycles. The number of hydrogen-bond acceptors (Lipinski definition) is 6. The van der Waals surface area contributed by atoms with Crippen molar-refractivity contribution in [1.82, 2.24) is 9.97 Å². The summed E-state index contributed by atoms with van der Waals surface area (Å²) < 4.78 is 0. The Morgan fingerprint density at radius 3 is 2.44 bits per heavy atom. The smallest absolute Gasteiger partial charge is 0.309 e. The highest BCUT2D eigenvalue weighted by molar-refractivity contribution is 7.99. The molecule has 0 atom stereocenters. The number of carboxylic acids is 1. The minimum atomic E-state index is -0.781. The Hall–Kier alpha value is -1.50. The van der Waals surface area contributed by atoms with Crippen molar-refractivity contribution in [2.24, 2.45) is 5.41 Å². The number of rotatable bonds is 6. The van der Waals surface area contributed by atoms with E-state index in [-0.39, 0.29) is 0 Å².